The number of hydrogen-bond acceptors (Lipinski definition) is 4. The molecule has 17 heavy (non-hydrogen) atoms. The third kappa shape index (κ3) is 2.65. The number of carbonyl (C=O) groups is 1. The molecule has 1 aromatic rings. The van der Waals surface area contributed by atoms with Crippen LogP contribution in [0.5, 0.6) is 5.75 Å². The Morgan fingerprint density at radius 1 is 1.47 bits per heavy atom. The average Bonchev–Trinajstić information content (AvgIpc) is 2.78. The van der Waals surface area contributed by atoms with Gasteiger partial charge in [-0.1, -0.05) is 12.1 Å². The van der Waals surface area contributed by atoms with Gasteiger partial charge in [-0.15, -0.1) is 0 Å². The highest BCUT2D eigenvalue weighted by atomic mass is 16.5. The molecule has 2 rings (SSSR count). The summed E-state index contributed by atoms with van der Waals surface area (Å²) in [4.78, 5) is 13.2. The minimum absolute atomic E-state index is 0.266. The van der Waals surface area contributed by atoms with Crippen molar-refractivity contribution in [2.45, 2.75) is 18.6 Å². The number of benzene rings is 1. The normalized spacial score (nSPS) is 22.4. The first-order valence-corrected chi connectivity index (χ1v) is 5.76. The summed E-state index contributed by atoms with van der Waals surface area (Å²) in [6, 6.07) is 7.21. The molecule has 1 aromatic carbocycles. The van der Waals surface area contributed by atoms with E-state index in [0.717, 1.165) is 30.6 Å². The van der Waals surface area contributed by atoms with Crippen molar-refractivity contribution in [2.75, 3.05) is 20.2 Å². The zero-order chi connectivity index (χ0) is 12.3. The van der Waals surface area contributed by atoms with Crippen LogP contribution in [0.1, 0.15) is 18.0 Å². The highest BCUT2D eigenvalue weighted by Crippen LogP contribution is 2.25. The fourth-order valence-electron chi connectivity index (χ4n) is 2.20. The largest absolute Gasteiger partial charge is 0.497 e. The Labute approximate surface area is 101 Å². The molecule has 0 radical (unpaired) electrons. The second kappa shape index (κ2) is 5.29. The van der Waals surface area contributed by atoms with Crippen molar-refractivity contribution >= 4 is 6.29 Å². The summed E-state index contributed by atoms with van der Waals surface area (Å²) in [5, 5.41) is 9.50. The monoisotopic (exact) mass is 235 g/mol. The van der Waals surface area contributed by atoms with Gasteiger partial charge in [-0.3, -0.25) is 4.90 Å². The van der Waals surface area contributed by atoms with E-state index in [1.807, 2.05) is 29.2 Å². The molecule has 4 nitrogen and oxygen atoms in total. The standard InChI is InChI=1S/C13H17NO3/c1-17-12-4-2-10(3-5-12)13(9-15)14-7-6-11(16)8-14/h2-5,9,11,13,16H,6-8H2,1H3. The van der Waals surface area contributed by atoms with Crippen molar-refractivity contribution in [1.82, 2.24) is 4.90 Å². The van der Waals surface area contributed by atoms with Gasteiger partial charge >= 0.3 is 0 Å². The molecular weight excluding hydrogens is 218 g/mol. The molecular formula is C13H17NO3. The number of β-amino-alcohol motifs (C(OH)–C–C–N with tert-alkyl or cyclic N) is 1. The van der Waals surface area contributed by atoms with Crippen molar-refractivity contribution < 1.29 is 14.6 Å². The van der Waals surface area contributed by atoms with E-state index in [1.54, 1.807) is 7.11 Å². The molecule has 92 valence electrons. The summed E-state index contributed by atoms with van der Waals surface area (Å²) in [5.74, 6) is 0.778. The Bertz CT molecular complexity index is 377. The van der Waals surface area contributed by atoms with E-state index in [2.05, 4.69) is 0 Å². The lowest BCUT2D eigenvalue weighted by Crippen LogP contribution is -2.28. The highest BCUT2D eigenvalue weighted by molar-refractivity contribution is 5.61. The van der Waals surface area contributed by atoms with Gasteiger partial charge in [0.25, 0.3) is 0 Å². The number of nitrogens with zero attached hydrogens (tertiary/aromatic N) is 1. The molecule has 0 bridgehead atoms. The Hall–Kier alpha value is -1.39. The predicted octanol–water partition coefficient (Wildman–Crippen LogP) is 1.00. The van der Waals surface area contributed by atoms with Crippen LogP contribution in [0.4, 0.5) is 0 Å². The van der Waals surface area contributed by atoms with Gasteiger partial charge in [0.15, 0.2) is 0 Å². The number of aliphatic hydroxyl groups excluding tert-OH is 1. The van der Waals surface area contributed by atoms with E-state index in [1.165, 1.54) is 0 Å². The van der Waals surface area contributed by atoms with Crippen molar-refractivity contribution in [3.8, 4) is 5.75 Å². The van der Waals surface area contributed by atoms with E-state index < -0.39 is 0 Å². The van der Waals surface area contributed by atoms with E-state index in [9.17, 15) is 9.90 Å². The maximum atomic E-state index is 11.2. The topological polar surface area (TPSA) is 49.8 Å². The second-order valence-electron chi connectivity index (χ2n) is 4.29. The van der Waals surface area contributed by atoms with Gasteiger partial charge in [-0.05, 0) is 24.1 Å². The van der Waals surface area contributed by atoms with Gasteiger partial charge in [0.2, 0.25) is 0 Å². The molecule has 1 aliphatic heterocycles. The smallest absolute Gasteiger partial charge is 0.141 e. The minimum atomic E-state index is -0.310. The number of likely N-dealkylation sites (tertiary alicyclic amines) is 1. The van der Waals surface area contributed by atoms with E-state index >= 15 is 0 Å². The zero-order valence-electron chi connectivity index (χ0n) is 9.87. The molecule has 1 heterocycles. The molecule has 1 fully saturated rings. The van der Waals surface area contributed by atoms with Crippen LogP contribution in [0.25, 0.3) is 0 Å². The lowest BCUT2D eigenvalue weighted by Gasteiger charge is -2.22. The summed E-state index contributed by atoms with van der Waals surface area (Å²) in [6.45, 7) is 1.33. The van der Waals surface area contributed by atoms with Crippen molar-refractivity contribution in [1.29, 1.82) is 0 Å². The molecule has 0 saturated carbocycles. The molecule has 1 aliphatic rings. The Morgan fingerprint density at radius 3 is 2.65 bits per heavy atom. The summed E-state index contributed by atoms with van der Waals surface area (Å²) in [5.41, 5.74) is 0.940. The van der Waals surface area contributed by atoms with Crippen molar-refractivity contribution in [3.05, 3.63) is 29.8 Å². The summed E-state index contributed by atoms with van der Waals surface area (Å²) < 4.78 is 5.08. The molecule has 0 aliphatic carbocycles. The lowest BCUT2D eigenvalue weighted by molar-refractivity contribution is -0.112. The number of aldehydes is 1. The fourth-order valence-corrected chi connectivity index (χ4v) is 2.20. The molecule has 2 atom stereocenters. The van der Waals surface area contributed by atoms with Crippen LogP contribution >= 0.6 is 0 Å². The summed E-state index contributed by atoms with van der Waals surface area (Å²) in [7, 11) is 1.61. The molecule has 4 heteroatoms. The molecule has 1 saturated heterocycles. The number of rotatable bonds is 4. The van der Waals surface area contributed by atoms with Gasteiger partial charge in [0.05, 0.1) is 19.3 Å². The number of methoxy groups -OCH3 is 1. The van der Waals surface area contributed by atoms with E-state index in [-0.39, 0.29) is 12.1 Å². The van der Waals surface area contributed by atoms with Gasteiger partial charge in [-0.25, -0.2) is 0 Å². The average molecular weight is 235 g/mol. The van der Waals surface area contributed by atoms with Gasteiger partial charge in [0, 0.05) is 13.1 Å². The van der Waals surface area contributed by atoms with Gasteiger partial charge in [-0.2, -0.15) is 0 Å². The van der Waals surface area contributed by atoms with E-state index in [4.69, 9.17) is 4.74 Å². The number of carbonyl (C=O) groups excluding carboxylic acids is 1. The predicted molar refractivity (Wildman–Crippen MR) is 64.0 cm³/mol. The van der Waals surface area contributed by atoms with Crippen LogP contribution in [0.2, 0.25) is 0 Å². The maximum absolute atomic E-state index is 11.2. The Morgan fingerprint density at radius 2 is 2.18 bits per heavy atom. The first-order chi connectivity index (χ1) is 8.24. The van der Waals surface area contributed by atoms with Crippen LogP contribution in [0, 0.1) is 0 Å². The molecule has 0 amide bonds. The first kappa shape index (κ1) is 12.1. The van der Waals surface area contributed by atoms with Crippen LogP contribution in [-0.4, -0.2) is 42.6 Å². The lowest BCUT2D eigenvalue weighted by atomic mass is 10.1. The minimum Gasteiger partial charge on any atom is -0.497 e. The maximum Gasteiger partial charge on any atom is 0.141 e. The number of aliphatic hydroxyl groups is 1. The van der Waals surface area contributed by atoms with Gasteiger partial charge < -0.3 is 14.6 Å². The zero-order valence-corrected chi connectivity index (χ0v) is 9.87. The van der Waals surface area contributed by atoms with Crippen LogP contribution < -0.4 is 4.74 Å². The van der Waals surface area contributed by atoms with Crippen LogP contribution in [0.15, 0.2) is 24.3 Å². The van der Waals surface area contributed by atoms with Crippen molar-refractivity contribution in [2.24, 2.45) is 0 Å². The molecule has 2 unspecified atom stereocenters. The van der Waals surface area contributed by atoms with E-state index in [0.29, 0.717) is 6.54 Å². The third-order valence-corrected chi connectivity index (χ3v) is 3.17. The van der Waals surface area contributed by atoms with Crippen LogP contribution in [0.3, 0.4) is 0 Å². The number of hydrogen-bond donors (Lipinski definition) is 1. The first-order valence-electron chi connectivity index (χ1n) is 5.76. The Balaban J connectivity index is 2.14. The summed E-state index contributed by atoms with van der Waals surface area (Å²) >= 11 is 0. The molecule has 0 spiro atoms. The SMILES string of the molecule is COc1ccc(C(C=O)N2CCC(O)C2)cc1. The number of ether oxygens (including phenoxy) is 1. The van der Waals surface area contributed by atoms with Crippen molar-refractivity contribution in [3.63, 3.8) is 0 Å². The molecule has 1 N–H and O–H groups in total. The fraction of sp³-hybridized carbons (Fsp3) is 0.462. The highest BCUT2D eigenvalue weighted by Gasteiger charge is 2.27. The third-order valence-electron chi connectivity index (χ3n) is 3.17. The Kier molecular flexibility index (Phi) is 3.76. The molecule has 0 aromatic heterocycles. The van der Waals surface area contributed by atoms with Crippen LogP contribution in [-0.2, 0) is 4.79 Å². The second-order valence-corrected chi connectivity index (χ2v) is 4.29. The summed E-state index contributed by atoms with van der Waals surface area (Å²) in [6.07, 6.45) is 1.36. The quantitative estimate of drug-likeness (QED) is 0.791. The van der Waals surface area contributed by atoms with Gasteiger partial charge in [0.1, 0.15) is 12.0 Å².